The van der Waals surface area contributed by atoms with E-state index >= 15 is 0 Å². The van der Waals surface area contributed by atoms with E-state index in [-0.39, 0.29) is 12.1 Å². The van der Waals surface area contributed by atoms with Crippen LogP contribution in [0, 0.1) is 12.7 Å². The Morgan fingerprint density at radius 3 is 2.47 bits per heavy atom. The van der Waals surface area contributed by atoms with Crippen LogP contribution < -0.4 is 5.32 Å². The number of ether oxygens (including phenoxy) is 2. The standard InChI is InChI=1S/C13H20FNO2/c1-4-16-13(17-5-2)9-15-12-8-11(14)7-6-10(12)3/h6-8,13,15H,4-5,9H2,1-3H3. The first kappa shape index (κ1) is 13.9. The lowest BCUT2D eigenvalue weighted by Crippen LogP contribution is -2.26. The number of nitrogens with one attached hydrogen (secondary N) is 1. The minimum absolute atomic E-state index is 0.248. The first-order valence-electron chi connectivity index (χ1n) is 5.90. The van der Waals surface area contributed by atoms with Crippen molar-refractivity contribution in [3.63, 3.8) is 0 Å². The largest absolute Gasteiger partial charge is 0.380 e. The van der Waals surface area contributed by atoms with Gasteiger partial charge in [-0.3, -0.25) is 0 Å². The van der Waals surface area contributed by atoms with Gasteiger partial charge >= 0.3 is 0 Å². The highest BCUT2D eigenvalue weighted by atomic mass is 19.1. The van der Waals surface area contributed by atoms with Crippen molar-refractivity contribution in [1.29, 1.82) is 0 Å². The van der Waals surface area contributed by atoms with Gasteiger partial charge in [-0.1, -0.05) is 6.07 Å². The predicted octanol–water partition coefficient (Wildman–Crippen LogP) is 2.95. The second-order valence-corrected chi connectivity index (χ2v) is 3.68. The summed E-state index contributed by atoms with van der Waals surface area (Å²) in [6.45, 7) is 7.45. The Morgan fingerprint density at radius 1 is 1.24 bits per heavy atom. The zero-order valence-corrected chi connectivity index (χ0v) is 10.6. The van der Waals surface area contributed by atoms with E-state index in [9.17, 15) is 4.39 Å². The van der Waals surface area contributed by atoms with Gasteiger partial charge in [-0.15, -0.1) is 0 Å². The van der Waals surface area contributed by atoms with Crippen LogP contribution in [0.4, 0.5) is 10.1 Å². The molecule has 96 valence electrons. The summed E-state index contributed by atoms with van der Waals surface area (Å²) >= 11 is 0. The molecule has 17 heavy (non-hydrogen) atoms. The van der Waals surface area contributed by atoms with Crippen molar-refractivity contribution in [2.24, 2.45) is 0 Å². The van der Waals surface area contributed by atoms with Gasteiger partial charge in [0.1, 0.15) is 5.82 Å². The fourth-order valence-electron chi connectivity index (χ4n) is 1.52. The summed E-state index contributed by atoms with van der Waals surface area (Å²) in [5, 5.41) is 3.13. The monoisotopic (exact) mass is 241 g/mol. The second-order valence-electron chi connectivity index (χ2n) is 3.68. The molecule has 0 radical (unpaired) electrons. The SMILES string of the molecule is CCOC(CNc1cc(F)ccc1C)OCC. The maximum absolute atomic E-state index is 13.1. The molecule has 1 aromatic rings. The van der Waals surface area contributed by atoms with Crippen LogP contribution >= 0.6 is 0 Å². The summed E-state index contributed by atoms with van der Waals surface area (Å²) in [5.74, 6) is -0.248. The molecule has 0 unspecified atom stereocenters. The molecule has 4 heteroatoms. The summed E-state index contributed by atoms with van der Waals surface area (Å²) in [7, 11) is 0. The van der Waals surface area contributed by atoms with Crippen LogP contribution in [0.5, 0.6) is 0 Å². The minimum atomic E-state index is -0.298. The maximum atomic E-state index is 13.1. The highest BCUT2D eigenvalue weighted by molar-refractivity contribution is 5.50. The van der Waals surface area contributed by atoms with Gasteiger partial charge in [-0.05, 0) is 38.5 Å². The molecule has 0 amide bonds. The lowest BCUT2D eigenvalue weighted by atomic mass is 10.2. The normalized spacial score (nSPS) is 10.9. The van der Waals surface area contributed by atoms with E-state index in [0.717, 1.165) is 11.3 Å². The van der Waals surface area contributed by atoms with E-state index in [1.165, 1.54) is 12.1 Å². The van der Waals surface area contributed by atoms with Crippen molar-refractivity contribution in [2.45, 2.75) is 27.1 Å². The molecule has 0 aliphatic carbocycles. The van der Waals surface area contributed by atoms with Gasteiger partial charge in [0.2, 0.25) is 0 Å². The van der Waals surface area contributed by atoms with Gasteiger partial charge in [-0.2, -0.15) is 0 Å². The van der Waals surface area contributed by atoms with Gasteiger partial charge in [0, 0.05) is 18.9 Å². The van der Waals surface area contributed by atoms with E-state index < -0.39 is 0 Å². The third kappa shape index (κ3) is 4.71. The molecule has 1 rings (SSSR count). The highest BCUT2D eigenvalue weighted by Gasteiger charge is 2.08. The summed E-state index contributed by atoms with van der Waals surface area (Å²) in [6.07, 6.45) is -0.298. The van der Waals surface area contributed by atoms with Gasteiger partial charge in [0.05, 0.1) is 6.54 Å². The molecule has 0 saturated heterocycles. The third-order valence-electron chi connectivity index (χ3n) is 2.36. The zero-order chi connectivity index (χ0) is 12.7. The second kappa shape index (κ2) is 7.25. The van der Waals surface area contributed by atoms with E-state index in [2.05, 4.69) is 5.32 Å². The third-order valence-corrected chi connectivity index (χ3v) is 2.36. The van der Waals surface area contributed by atoms with Crippen molar-refractivity contribution in [2.75, 3.05) is 25.1 Å². The van der Waals surface area contributed by atoms with Crippen LogP contribution in [-0.2, 0) is 9.47 Å². The maximum Gasteiger partial charge on any atom is 0.174 e. The minimum Gasteiger partial charge on any atom is -0.380 e. The predicted molar refractivity (Wildman–Crippen MR) is 66.7 cm³/mol. The number of hydrogen-bond acceptors (Lipinski definition) is 3. The first-order valence-corrected chi connectivity index (χ1v) is 5.90. The highest BCUT2D eigenvalue weighted by Crippen LogP contribution is 2.16. The molecule has 0 atom stereocenters. The Bertz CT molecular complexity index is 338. The fraction of sp³-hybridized carbons (Fsp3) is 0.538. The zero-order valence-electron chi connectivity index (χ0n) is 10.6. The molecule has 0 aliphatic rings. The number of halogens is 1. The van der Waals surface area contributed by atoms with Crippen LogP contribution in [0.3, 0.4) is 0 Å². The van der Waals surface area contributed by atoms with E-state index in [1.54, 1.807) is 6.07 Å². The van der Waals surface area contributed by atoms with Gasteiger partial charge in [0.25, 0.3) is 0 Å². The molecule has 0 aromatic heterocycles. The smallest absolute Gasteiger partial charge is 0.174 e. The van der Waals surface area contributed by atoms with Crippen LogP contribution in [0.2, 0.25) is 0 Å². The van der Waals surface area contributed by atoms with Crippen molar-refractivity contribution in [1.82, 2.24) is 0 Å². The number of anilines is 1. The summed E-state index contributed by atoms with van der Waals surface area (Å²) < 4.78 is 23.9. The average Bonchev–Trinajstić information content (AvgIpc) is 2.30. The molecule has 0 saturated carbocycles. The van der Waals surface area contributed by atoms with Gasteiger partial charge in [0.15, 0.2) is 6.29 Å². The Balaban J connectivity index is 2.55. The van der Waals surface area contributed by atoms with E-state index in [1.807, 2.05) is 20.8 Å². The van der Waals surface area contributed by atoms with Crippen LogP contribution in [-0.4, -0.2) is 26.0 Å². The molecule has 0 bridgehead atoms. The molecule has 0 spiro atoms. The van der Waals surface area contributed by atoms with Gasteiger partial charge in [-0.25, -0.2) is 4.39 Å². The Labute approximate surface area is 102 Å². The van der Waals surface area contributed by atoms with Crippen LogP contribution in [0.1, 0.15) is 19.4 Å². The molecule has 0 fully saturated rings. The molecule has 1 N–H and O–H groups in total. The molecule has 0 aliphatic heterocycles. The summed E-state index contributed by atoms with van der Waals surface area (Å²) in [4.78, 5) is 0. The average molecular weight is 241 g/mol. The molecular formula is C13H20FNO2. The number of rotatable bonds is 7. The molecule has 3 nitrogen and oxygen atoms in total. The Morgan fingerprint density at radius 2 is 1.88 bits per heavy atom. The number of aryl methyl sites for hydroxylation is 1. The summed E-state index contributed by atoms with van der Waals surface area (Å²) in [6, 6.07) is 4.67. The Kier molecular flexibility index (Phi) is 5.94. The molecule has 0 heterocycles. The van der Waals surface area contributed by atoms with Crippen molar-refractivity contribution in [3.8, 4) is 0 Å². The van der Waals surface area contributed by atoms with Crippen molar-refractivity contribution < 1.29 is 13.9 Å². The molecular weight excluding hydrogens is 221 g/mol. The van der Waals surface area contributed by atoms with Crippen LogP contribution in [0.25, 0.3) is 0 Å². The Hall–Kier alpha value is -1.13. The molecule has 1 aromatic carbocycles. The quantitative estimate of drug-likeness (QED) is 0.744. The topological polar surface area (TPSA) is 30.5 Å². The van der Waals surface area contributed by atoms with Gasteiger partial charge < -0.3 is 14.8 Å². The van der Waals surface area contributed by atoms with E-state index in [0.29, 0.717) is 19.8 Å². The lowest BCUT2D eigenvalue weighted by molar-refractivity contribution is -0.126. The lowest BCUT2D eigenvalue weighted by Gasteiger charge is -2.18. The van der Waals surface area contributed by atoms with E-state index in [4.69, 9.17) is 9.47 Å². The fourth-order valence-corrected chi connectivity index (χ4v) is 1.52. The van der Waals surface area contributed by atoms with Crippen molar-refractivity contribution >= 4 is 5.69 Å². The van der Waals surface area contributed by atoms with Crippen molar-refractivity contribution in [3.05, 3.63) is 29.6 Å². The number of hydrogen-bond donors (Lipinski definition) is 1. The summed E-state index contributed by atoms with van der Waals surface area (Å²) in [5.41, 5.74) is 1.77. The van der Waals surface area contributed by atoms with Crippen LogP contribution in [0.15, 0.2) is 18.2 Å². The number of benzene rings is 1. The first-order chi connectivity index (χ1) is 8.17.